The van der Waals surface area contributed by atoms with Gasteiger partial charge in [0.1, 0.15) is 12.7 Å². The normalized spacial score (nSPS) is 10.7. The van der Waals surface area contributed by atoms with Crippen LogP contribution >= 0.6 is 11.6 Å². The van der Waals surface area contributed by atoms with Crippen molar-refractivity contribution < 1.29 is 0 Å². The third-order valence-electron chi connectivity index (χ3n) is 2.62. The Morgan fingerprint density at radius 3 is 2.95 bits per heavy atom. The van der Waals surface area contributed by atoms with Crippen LogP contribution in [-0.4, -0.2) is 29.9 Å². The Hall–Kier alpha value is -2.61. The van der Waals surface area contributed by atoms with Crippen molar-refractivity contribution in [3.8, 4) is 0 Å². The first-order valence-corrected chi connectivity index (χ1v) is 6.14. The molecule has 0 bridgehead atoms. The van der Waals surface area contributed by atoms with Crippen LogP contribution in [0.1, 0.15) is 5.56 Å². The summed E-state index contributed by atoms with van der Waals surface area (Å²) in [5, 5.41) is 12.2. The van der Waals surface area contributed by atoms with E-state index in [0.717, 1.165) is 11.3 Å². The number of nitrogen functional groups attached to an aromatic ring is 1. The number of nitrogens with two attached hydrogens (primary N) is 1. The number of nitrogens with zero attached hydrogens (tertiary/aromatic N) is 6. The average molecular weight is 291 g/mol. The minimum atomic E-state index is 0.331. The van der Waals surface area contributed by atoms with E-state index in [2.05, 4.69) is 25.8 Å². The van der Waals surface area contributed by atoms with Crippen LogP contribution in [0.4, 0.5) is 11.5 Å². The van der Waals surface area contributed by atoms with E-state index in [1.807, 2.05) is 12.1 Å². The summed E-state index contributed by atoms with van der Waals surface area (Å²) in [4.78, 5) is 5.34. The van der Waals surface area contributed by atoms with Gasteiger partial charge in [-0.3, -0.25) is 5.43 Å². The number of hydrogen-bond donors (Lipinski definition) is 2. The summed E-state index contributed by atoms with van der Waals surface area (Å²) in [7, 11) is 0. The molecule has 20 heavy (non-hydrogen) atoms. The number of anilines is 2. The third kappa shape index (κ3) is 2.69. The van der Waals surface area contributed by atoms with Gasteiger partial charge in [0, 0.05) is 5.02 Å². The molecule has 102 valence electrons. The van der Waals surface area contributed by atoms with Gasteiger partial charge in [-0.15, -0.1) is 5.10 Å². The summed E-state index contributed by atoms with van der Waals surface area (Å²) in [6.45, 7) is 0.559. The van der Waals surface area contributed by atoms with Gasteiger partial charge in [0.15, 0.2) is 5.82 Å². The Kier molecular flexibility index (Phi) is 3.21. The molecule has 3 rings (SSSR count). The second-order valence-electron chi connectivity index (χ2n) is 4.09. The van der Waals surface area contributed by atoms with Crippen molar-refractivity contribution in [3.63, 3.8) is 0 Å². The fourth-order valence-electron chi connectivity index (χ4n) is 1.73. The van der Waals surface area contributed by atoms with Crippen LogP contribution in [0.5, 0.6) is 0 Å². The van der Waals surface area contributed by atoms with Crippen molar-refractivity contribution in [2.24, 2.45) is 0 Å². The molecule has 0 radical (unpaired) electrons. The lowest BCUT2D eigenvalue weighted by atomic mass is 10.2. The molecule has 3 N–H and O–H groups in total. The number of hydrogen-bond acceptors (Lipinski definition) is 6. The molecule has 0 atom stereocenters. The van der Waals surface area contributed by atoms with Crippen LogP contribution in [-0.2, 0) is 6.54 Å². The molecular weight excluding hydrogens is 280 g/mol. The number of rotatable bonds is 4. The average Bonchev–Trinajstić information content (AvgIpc) is 3.05. The molecule has 0 saturated heterocycles. The van der Waals surface area contributed by atoms with E-state index >= 15 is 0 Å². The van der Waals surface area contributed by atoms with E-state index in [1.54, 1.807) is 23.3 Å². The van der Waals surface area contributed by atoms with Crippen molar-refractivity contribution in [1.29, 1.82) is 0 Å². The van der Waals surface area contributed by atoms with Gasteiger partial charge in [-0.25, -0.2) is 9.67 Å². The van der Waals surface area contributed by atoms with Crippen molar-refractivity contribution in [3.05, 3.63) is 47.6 Å². The monoisotopic (exact) mass is 290 g/mol. The molecule has 0 aliphatic heterocycles. The van der Waals surface area contributed by atoms with Crippen LogP contribution in [0.25, 0.3) is 0 Å². The van der Waals surface area contributed by atoms with Gasteiger partial charge in [0.05, 0.1) is 18.4 Å². The Bertz CT molecular complexity index is 705. The first kappa shape index (κ1) is 12.4. The molecule has 2 heterocycles. The molecule has 1 aromatic carbocycles. The number of nitrogens with one attached hydrogen (secondary N) is 1. The van der Waals surface area contributed by atoms with Gasteiger partial charge < -0.3 is 5.73 Å². The summed E-state index contributed by atoms with van der Waals surface area (Å²) in [6, 6.07) is 5.52. The Morgan fingerprint density at radius 2 is 2.25 bits per heavy atom. The van der Waals surface area contributed by atoms with Crippen LogP contribution < -0.4 is 11.2 Å². The molecule has 0 saturated carbocycles. The molecule has 0 fully saturated rings. The second kappa shape index (κ2) is 5.17. The van der Waals surface area contributed by atoms with E-state index in [4.69, 9.17) is 17.3 Å². The predicted octanol–water partition coefficient (Wildman–Crippen LogP) is 1.03. The minimum Gasteiger partial charge on any atom is -0.381 e. The summed E-state index contributed by atoms with van der Waals surface area (Å²) >= 11 is 6.03. The Labute approximate surface area is 119 Å². The van der Waals surface area contributed by atoms with Crippen LogP contribution in [0.2, 0.25) is 5.02 Å². The van der Waals surface area contributed by atoms with Crippen molar-refractivity contribution in [2.75, 3.05) is 11.2 Å². The molecular formula is C11H11ClN8. The first-order valence-electron chi connectivity index (χ1n) is 5.76. The van der Waals surface area contributed by atoms with Crippen LogP contribution in [0.15, 0.2) is 37.1 Å². The summed E-state index contributed by atoms with van der Waals surface area (Å²) in [6.07, 6.45) is 4.70. The first-order chi connectivity index (χ1) is 9.70. The lowest BCUT2D eigenvalue weighted by Crippen LogP contribution is -2.13. The van der Waals surface area contributed by atoms with Crippen LogP contribution in [0.3, 0.4) is 0 Å². The molecule has 0 spiro atoms. The highest BCUT2D eigenvalue weighted by Crippen LogP contribution is 2.22. The maximum atomic E-state index is 6.03. The van der Waals surface area contributed by atoms with Gasteiger partial charge in [0.25, 0.3) is 0 Å². The minimum absolute atomic E-state index is 0.331. The van der Waals surface area contributed by atoms with E-state index in [1.165, 1.54) is 11.1 Å². The standard InChI is InChI=1S/C11H11ClN8/c12-9-2-1-8(4-19-7-14-6-15-19)10(3-9)17-20-5-11(13)16-18-20/h1-3,5-7,17H,4,13H2. The molecule has 9 heteroatoms. The SMILES string of the molecule is Nc1cn(Nc2cc(Cl)ccc2Cn2cncn2)nn1. The summed E-state index contributed by atoms with van der Waals surface area (Å²) in [5.74, 6) is 0.331. The molecule has 3 aromatic rings. The van der Waals surface area contributed by atoms with Crippen molar-refractivity contribution >= 4 is 23.1 Å². The van der Waals surface area contributed by atoms with Crippen molar-refractivity contribution in [2.45, 2.75) is 6.54 Å². The molecule has 0 aliphatic carbocycles. The molecule has 0 unspecified atom stereocenters. The van der Waals surface area contributed by atoms with E-state index in [-0.39, 0.29) is 0 Å². The quantitative estimate of drug-likeness (QED) is 0.744. The topological polar surface area (TPSA) is 99.5 Å². The molecule has 8 nitrogen and oxygen atoms in total. The largest absolute Gasteiger partial charge is 0.381 e. The smallest absolute Gasteiger partial charge is 0.168 e. The number of halogens is 1. The zero-order valence-electron chi connectivity index (χ0n) is 10.3. The molecule has 0 amide bonds. The Morgan fingerprint density at radius 1 is 1.35 bits per heavy atom. The van der Waals surface area contributed by atoms with E-state index in [0.29, 0.717) is 17.4 Å². The second-order valence-corrected chi connectivity index (χ2v) is 4.53. The highest BCUT2D eigenvalue weighted by Gasteiger charge is 2.06. The fraction of sp³-hybridized carbons (Fsp3) is 0.0909. The third-order valence-corrected chi connectivity index (χ3v) is 2.85. The summed E-state index contributed by atoms with van der Waals surface area (Å²) < 4.78 is 1.71. The lowest BCUT2D eigenvalue weighted by molar-refractivity contribution is 0.681. The van der Waals surface area contributed by atoms with E-state index < -0.39 is 0 Å². The maximum absolute atomic E-state index is 6.03. The van der Waals surface area contributed by atoms with Gasteiger partial charge in [-0.2, -0.15) is 9.89 Å². The van der Waals surface area contributed by atoms with Crippen LogP contribution in [0, 0.1) is 0 Å². The molecule has 0 aliphatic rings. The Balaban J connectivity index is 1.89. The van der Waals surface area contributed by atoms with Crippen molar-refractivity contribution in [1.82, 2.24) is 29.9 Å². The van der Waals surface area contributed by atoms with E-state index in [9.17, 15) is 0 Å². The maximum Gasteiger partial charge on any atom is 0.168 e. The fourth-order valence-corrected chi connectivity index (χ4v) is 1.91. The zero-order valence-corrected chi connectivity index (χ0v) is 11.1. The number of aromatic nitrogens is 6. The molecule has 2 aromatic heterocycles. The highest BCUT2D eigenvalue weighted by molar-refractivity contribution is 6.30. The zero-order chi connectivity index (χ0) is 13.9. The number of benzene rings is 1. The predicted molar refractivity (Wildman–Crippen MR) is 74.0 cm³/mol. The van der Waals surface area contributed by atoms with Gasteiger partial charge in [0.2, 0.25) is 0 Å². The lowest BCUT2D eigenvalue weighted by Gasteiger charge is -2.11. The van der Waals surface area contributed by atoms with Gasteiger partial charge in [-0.1, -0.05) is 17.7 Å². The highest BCUT2D eigenvalue weighted by atomic mass is 35.5. The van der Waals surface area contributed by atoms with Gasteiger partial charge >= 0.3 is 0 Å². The summed E-state index contributed by atoms with van der Waals surface area (Å²) in [5.41, 5.74) is 10.4. The van der Waals surface area contributed by atoms with Gasteiger partial charge in [-0.05, 0) is 22.9 Å².